The van der Waals surface area contributed by atoms with Crippen molar-refractivity contribution in [2.45, 2.75) is 64.6 Å². The maximum absolute atomic E-state index is 12.6. The maximum Gasteiger partial charge on any atom is 0.291 e. The second-order valence-electron chi connectivity index (χ2n) is 7.42. The van der Waals surface area contributed by atoms with Gasteiger partial charge in [0.15, 0.2) is 0 Å². The van der Waals surface area contributed by atoms with Gasteiger partial charge < -0.3 is 10.4 Å². The van der Waals surface area contributed by atoms with E-state index in [1.807, 2.05) is 33.0 Å². The quantitative estimate of drug-likeness (QED) is 0.873. The van der Waals surface area contributed by atoms with E-state index >= 15 is 0 Å². The van der Waals surface area contributed by atoms with Crippen LogP contribution in [0, 0.1) is 6.92 Å². The molecule has 1 fully saturated rings. The number of aliphatic hydroxyl groups is 1. The van der Waals surface area contributed by atoms with Gasteiger partial charge in [0.05, 0.1) is 5.60 Å². The van der Waals surface area contributed by atoms with Crippen LogP contribution in [0.15, 0.2) is 17.1 Å². The molecule has 0 spiro atoms. The summed E-state index contributed by atoms with van der Waals surface area (Å²) >= 11 is 0. The number of carbonyl (C=O) groups excluding carboxylic acids is 1. The lowest BCUT2D eigenvalue weighted by molar-refractivity contribution is -0.125. The van der Waals surface area contributed by atoms with E-state index in [-0.39, 0.29) is 30.0 Å². The van der Waals surface area contributed by atoms with Crippen LogP contribution < -0.4 is 10.9 Å². The average Bonchev–Trinajstić information content (AvgIpc) is 2.81. The fourth-order valence-corrected chi connectivity index (χ4v) is 3.31. The van der Waals surface area contributed by atoms with Crippen molar-refractivity contribution >= 4 is 11.4 Å². The number of amides is 1. The van der Waals surface area contributed by atoms with Gasteiger partial charge in [-0.05, 0) is 38.3 Å². The standard InChI is InChI=1S/C17H24N4O3/c1-10(2)15-19-21(16(23)13-5-11(3)8-20(13)15)9-14(22)18-12-6-17(4,24)7-12/h5,8,10,12,24H,6-7,9H2,1-4H3,(H,18,22). The SMILES string of the molecule is Cc1cc2c(=O)n(CC(=O)NC3CC(C)(O)C3)nc(C(C)C)n2c1. The number of rotatable bonds is 4. The first-order chi connectivity index (χ1) is 11.2. The Labute approximate surface area is 140 Å². The van der Waals surface area contributed by atoms with E-state index in [0.29, 0.717) is 18.4 Å². The van der Waals surface area contributed by atoms with Gasteiger partial charge in [-0.3, -0.25) is 14.0 Å². The van der Waals surface area contributed by atoms with Crippen LogP contribution in [0.25, 0.3) is 5.52 Å². The van der Waals surface area contributed by atoms with Crippen LogP contribution in [0.1, 0.15) is 50.9 Å². The van der Waals surface area contributed by atoms with Gasteiger partial charge in [0.1, 0.15) is 17.9 Å². The number of nitrogens with one attached hydrogen (secondary N) is 1. The lowest BCUT2D eigenvalue weighted by Gasteiger charge is -2.41. The minimum atomic E-state index is -0.694. The van der Waals surface area contributed by atoms with E-state index in [1.165, 1.54) is 4.68 Å². The Morgan fingerprint density at radius 1 is 1.50 bits per heavy atom. The average molecular weight is 332 g/mol. The zero-order chi connectivity index (χ0) is 17.6. The summed E-state index contributed by atoms with van der Waals surface area (Å²) in [7, 11) is 0. The Balaban J connectivity index is 1.85. The third-order valence-corrected chi connectivity index (χ3v) is 4.43. The van der Waals surface area contributed by atoms with Crippen molar-refractivity contribution in [1.29, 1.82) is 0 Å². The fraction of sp³-hybridized carbons (Fsp3) is 0.588. The molecule has 7 nitrogen and oxygen atoms in total. The van der Waals surface area contributed by atoms with Crippen molar-refractivity contribution in [3.8, 4) is 0 Å². The summed E-state index contributed by atoms with van der Waals surface area (Å²) < 4.78 is 3.04. The third kappa shape index (κ3) is 3.08. The molecule has 7 heteroatoms. The number of carbonyl (C=O) groups is 1. The minimum absolute atomic E-state index is 0.0351. The molecule has 0 atom stereocenters. The Hall–Kier alpha value is -2.15. The van der Waals surface area contributed by atoms with Crippen LogP contribution >= 0.6 is 0 Å². The molecule has 1 aliphatic rings. The van der Waals surface area contributed by atoms with E-state index in [4.69, 9.17) is 0 Å². The summed E-state index contributed by atoms with van der Waals surface area (Å²) in [6.07, 6.45) is 2.96. The molecule has 3 rings (SSSR count). The molecule has 2 aromatic heterocycles. The number of aryl methyl sites for hydroxylation is 1. The predicted octanol–water partition coefficient (Wildman–Crippen LogP) is 0.957. The molecule has 1 saturated carbocycles. The molecule has 0 aromatic carbocycles. The molecule has 1 aliphatic carbocycles. The molecule has 2 aromatic rings. The molecule has 130 valence electrons. The Morgan fingerprint density at radius 2 is 2.17 bits per heavy atom. The van der Waals surface area contributed by atoms with E-state index in [9.17, 15) is 14.7 Å². The molecule has 24 heavy (non-hydrogen) atoms. The van der Waals surface area contributed by atoms with Gasteiger partial charge >= 0.3 is 0 Å². The lowest BCUT2D eigenvalue weighted by atomic mass is 9.77. The molecule has 0 bridgehead atoms. The highest BCUT2D eigenvalue weighted by molar-refractivity contribution is 5.76. The fourth-order valence-electron chi connectivity index (χ4n) is 3.31. The molecule has 0 aliphatic heterocycles. The Morgan fingerprint density at radius 3 is 2.75 bits per heavy atom. The highest BCUT2D eigenvalue weighted by atomic mass is 16.3. The zero-order valence-corrected chi connectivity index (χ0v) is 14.5. The molecule has 0 unspecified atom stereocenters. The normalized spacial score (nSPS) is 23.5. The lowest BCUT2D eigenvalue weighted by Crippen LogP contribution is -2.54. The van der Waals surface area contributed by atoms with Gasteiger partial charge in [0.2, 0.25) is 5.91 Å². The number of nitrogens with zero attached hydrogens (tertiary/aromatic N) is 3. The Kier molecular flexibility index (Phi) is 3.99. The topological polar surface area (TPSA) is 88.6 Å². The van der Waals surface area contributed by atoms with Gasteiger partial charge in [-0.2, -0.15) is 5.10 Å². The molecule has 2 N–H and O–H groups in total. The summed E-state index contributed by atoms with van der Waals surface area (Å²) in [5.74, 6) is 0.612. The van der Waals surface area contributed by atoms with Crippen LogP contribution in [-0.2, 0) is 11.3 Å². The molecule has 2 heterocycles. The monoisotopic (exact) mass is 332 g/mol. The van der Waals surface area contributed by atoms with Gasteiger partial charge in [0.25, 0.3) is 5.56 Å². The summed E-state index contributed by atoms with van der Waals surface area (Å²) in [5.41, 5.74) is 0.545. The second kappa shape index (κ2) is 5.73. The summed E-state index contributed by atoms with van der Waals surface area (Å²) in [4.78, 5) is 24.8. The maximum atomic E-state index is 12.6. The van der Waals surface area contributed by atoms with Crippen molar-refractivity contribution in [2.24, 2.45) is 0 Å². The second-order valence-corrected chi connectivity index (χ2v) is 7.42. The van der Waals surface area contributed by atoms with Crippen LogP contribution in [0.5, 0.6) is 0 Å². The van der Waals surface area contributed by atoms with Crippen LogP contribution in [0.4, 0.5) is 0 Å². The van der Waals surface area contributed by atoms with E-state index < -0.39 is 5.60 Å². The van der Waals surface area contributed by atoms with Gasteiger partial charge in [-0.1, -0.05) is 13.8 Å². The van der Waals surface area contributed by atoms with Crippen molar-refractivity contribution in [2.75, 3.05) is 0 Å². The minimum Gasteiger partial charge on any atom is -0.390 e. The summed E-state index contributed by atoms with van der Waals surface area (Å²) in [6.45, 7) is 7.57. The largest absolute Gasteiger partial charge is 0.390 e. The zero-order valence-electron chi connectivity index (χ0n) is 14.5. The molecular weight excluding hydrogens is 308 g/mol. The molecule has 0 radical (unpaired) electrons. The highest BCUT2D eigenvalue weighted by Gasteiger charge is 2.39. The van der Waals surface area contributed by atoms with Crippen LogP contribution in [0.3, 0.4) is 0 Å². The number of aromatic nitrogens is 3. The van der Waals surface area contributed by atoms with Crippen molar-refractivity contribution in [1.82, 2.24) is 19.5 Å². The van der Waals surface area contributed by atoms with Crippen LogP contribution in [-0.4, -0.2) is 36.8 Å². The number of hydrogen-bond donors (Lipinski definition) is 2. The third-order valence-electron chi connectivity index (χ3n) is 4.43. The van der Waals surface area contributed by atoms with E-state index in [1.54, 1.807) is 11.3 Å². The number of hydrogen-bond acceptors (Lipinski definition) is 4. The smallest absolute Gasteiger partial charge is 0.291 e. The number of fused-ring (bicyclic) bond motifs is 1. The first kappa shape index (κ1) is 16.7. The molecule has 0 saturated heterocycles. The molecule has 1 amide bonds. The van der Waals surface area contributed by atoms with Crippen molar-refractivity contribution < 1.29 is 9.90 Å². The van der Waals surface area contributed by atoms with Gasteiger partial charge in [-0.15, -0.1) is 0 Å². The van der Waals surface area contributed by atoms with E-state index in [2.05, 4.69) is 10.4 Å². The predicted molar refractivity (Wildman–Crippen MR) is 90.1 cm³/mol. The van der Waals surface area contributed by atoms with Gasteiger partial charge in [0, 0.05) is 18.2 Å². The van der Waals surface area contributed by atoms with Gasteiger partial charge in [-0.25, -0.2) is 4.68 Å². The highest BCUT2D eigenvalue weighted by Crippen LogP contribution is 2.31. The summed E-state index contributed by atoms with van der Waals surface area (Å²) in [6, 6.07) is 1.78. The van der Waals surface area contributed by atoms with E-state index in [0.717, 1.165) is 11.4 Å². The van der Waals surface area contributed by atoms with Crippen molar-refractivity contribution in [3.63, 3.8) is 0 Å². The molecular formula is C17H24N4O3. The Bertz CT molecular complexity index is 839. The first-order valence-electron chi connectivity index (χ1n) is 8.28. The summed E-state index contributed by atoms with van der Waals surface area (Å²) in [5, 5.41) is 17.0. The van der Waals surface area contributed by atoms with Crippen LogP contribution in [0.2, 0.25) is 0 Å². The first-order valence-corrected chi connectivity index (χ1v) is 8.28. The van der Waals surface area contributed by atoms with Crippen molar-refractivity contribution in [3.05, 3.63) is 34.0 Å².